The number of hydrogen-bond acceptors (Lipinski definition) is 4. The third-order valence-electron chi connectivity index (χ3n) is 5.01. The minimum atomic E-state index is -0.801. The molecule has 136 valence electrons. The largest absolute Gasteiger partial charge is 0.480 e. The highest BCUT2D eigenvalue weighted by Crippen LogP contribution is 2.30. The van der Waals surface area contributed by atoms with E-state index in [0.717, 1.165) is 31.4 Å². The number of urea groups is 1. The van der Waals surface area contributed by atoms with Crippen LogP contribution in [0, 0.1) is 0 Å². The zero-order valence-electron chi connectivity index (χ0n) is 14.6. The van der Waals surface area contributed by atoms with Crippen molar-refractivity contribution in [2.45, 2.75) is 57.3 Å². The van der Waals surface area contributed by atoms with Gasteiger partial charge in [0.15, 0.2) is 0 Å². The molecule has 7 nitrogen and oxygen atoms in total. The predicted octanol–water partition coefficient (Wildman–Crippen LogP) is 1.69. The quantitative estimate of drug-likeness (QED) is 0.748. The number of likely N-dealkylation sites (N-methyl/N-ethyl adjacent to an activating group) is 1. The molecule has 0 atom stereocenters. The van der Waals surface area contributed by atoms with Gasteiger partial charge in [0.25, 0.3) is 0 Å². The van der Waals surface area contributed by atoms with Crippen molar-refractivity contribution in [3.8, 4) is 0 Å². The van der Waals surface area contributed by atoms with E-state index in [2.05, 4.69) is 10.3 Å². The molecule has 1 aromatic rings. The molecule has 0 aliphatic heterocycles. The Kier molecular flexibility index (Phi) is 5.53. The van der Waals surface area contributed by atoms with Crippen molar-refractivity contribution in [3.63, 3.8) is 0 Å². The number of hydrogen-bond donors (Lipinski definition) is 2. The summed E-state index contributed by atoms with van der Waals surface area (Å²) in [5.74, 6) is -0.801. The smallest absolute Gasteiger partial charge is 0.318 e. The van der Waals surface area contributed by atoms with E-state index in [0.29, 0.717) is 19.1 Å². The summed E-state index contributed by atoms with van der Waals surface area (Å²) >= 11 is 0. The number of nitrogens with one attached hydrogen (secondary N) is 1. The SMILES string of the molecule is CCN(CC(=O)O)C1CC(NC(=O)N(Cc2ccccn2)C2CC2)C1. The van der Waals surface area contributed by atoms with Gasteiger partial charge in [0.2, 0.25) is 0 Å². The zero-order valence-corrected chi connectivity index (χ0v) is 14.6. The van der Waals surface area contributed by atoms with Gasteiger partial charge >= 0.3 is 12.0 Å². The fraction of sp³-hybridized carbons (Fsp3) is 0.611. The lowest BCUT2D eigenvalue weighted by molar-refractivity contribution is -0.139. The van der Waals surface area contributed by atoms with Crippen LogP contribution < -0.4 is 5.32 Å². The molecule has 2 saturated carbocycles. The van der Waals surface area contributed by atoms with Crippen molar-refractivity contribution >= 4 is 12.0 Å². The van der Waals surface area contributed by atoms with E-state index in [9.17, 15) is 9.59 Å². The van der Waals surface area contributed by atoms with Gasteiger partial charge in [0.05, 0.1) is 18.8 Å². The molecule has 0 unspecified atom stereocenters. The molecule has 1 aromatic heterocycles. The molecule has 0 aromatic carbocycles. The Morgan fingerprint density at radius 3 is 2.60 bits per heavy atom. The van der Waals surface area contributed by atoms with Gasteiger partial charge in [-0.1, -0.05) is 13.0 Å². The number of carbonyl (C=O) groups is 2. The topological polar surface area (TPSA) is 85.8 Å². The van der Waals surface area contributed by atoms with Crippen LogP contribution in [0.15, 0.2) is 24.4 Å². The second-order valence-electron chi connectivity index (χ2n) is 6.91. The standard InChI is InChI=1S/C18H26N4O3/c1-2-21(12-17(23)24)16-9-14(10-16)20-18(25)22(15-6-7-15)11-13-5-3-4-8-19-13/h3-5,8,14-16H,2,6-7,9-12H2,1H3,(H,20,25)(H,23,24). The fourth-order valence-corrected chi connectivity index (χ4v) is 3.35. The van der Waals surface area contributed by atoms with Gasteiger partial charge in [-0.2, -0.15) is 0 Å². The van der Waals surface area contributed by atoms with E-state index in [1.165, 1.54) is 0 Å². The number of amides is 2. The Morgan fingerprint density at radius 2 is 2.04 bits per heavy atom. The molecule has 2 N–H and O–H groups in total. The lowest BCUT2D eigenvalue weighted by atomic mass is 9.85. The van der Waals surface area contributed by atoms with Crippen LogP contribution in [0.4, 0.5) is 4.79 Å². The minimum Gasteiger partial charge on any atom is -0.480 e. The third-order valence-corrected chi connectivity index (χ3v) is 5.01. The van der Waals surface area contributed by atoms with Crippen molar-refractivity contribution in [1.82, 2.24) is 20.1 Å². The first-order chi connectivity index (χ1) is 12.1. The second-order valence-corrected chi connectivity index (χ2v) is 6.91. The Hall–Kier alpha value is -2.15. The Bertz CT molecular complexity index is 600. The first kappa shape index (κ1) is 17.7. The van der Waals surface area contributed by atoms with Crippen molar-refractivity contribution in [2.24, 2.45) is 0 Å². The summed E-state index contributed by atoms with van der Waals surface area (Å²) < 4.78 is 0. The zero-order chi connectivity index (χ0) is 17.8. The summed E-state index contributed by atoms with van der Waals surface area (Å²) in [6.45, 7) is 3.28. The molecule has 25 heavy (non-hydrogen) atoms. The van der Waals surface area contributed by atoms with Crippen molar-refractivity contribution in [3.05, 3.63) is 30.1 Å². The molecule has 0 bridgehead atoms. The van der Waals surface area contributed by atoms with E-state index >= 15 is 0 Å². The summed E-state index contributed by atoms with van der Waals surface area (Å²) in [6.07, 6.45) is 5.48. The van der Waals surface area contributed by atoms with Crippen LogP contribution in [0.5, 0.6) is 0 Å². The van der Waals surface area contributed by atoms with Crippen LogP contribution in [0.2, 0.25) is 0 Å². The normalized spacial score (nSPS) is 22.3. The van der Waals surface area contributed by atoms with Crippen LogP contribution in [0.25, 0.3) is 0 Å². The van der Waals surface area contributed by atoms with E-state index in [1.54, 1.807) is 6.20 Å². The molecule has 0 saturated heterocycles. The number of aliphatic carboxylic acids is 1. The first-order valence-corrected chi connectivity index (χ1v) is 8.99. The molecule has 0 radical (unpaired) electrons. The lowest BCUT2D eigenvalue weighted by Crippen LogP contribution is -2.57. The van der Waals surface area contributed by atoms with Crippen LogP contribution >= 0.6 is 0 Å². The molecule has 2 aliphatic carbocycles. The van der Waals surface area contributed by atoms with Crippen molar-refractivity contribution < 1.29 is 14.7 Å². The van der Waals surface area contributed by atoms with E-state index in [1.807, 2.05) is 34.9 Å². The molecule has 2 amide bonds. The molecular weight excluding hydrogens is 320 g/mol. The summed E-state index contributed by atoms with van der Waals surface area (Å²) in [7, 11) is 0. The number of aromatic nitrogens is 1. The monoisotopic (exact) mass is 346 g/mol. The van der Waals surface area contributed by atoms with E-state index < -0.39 is 5.97 Å². The molecule has 2 fully saturated rings. The molecule has 7 heteroatoms. The first-order valence-electron chi connectivity index (χ1n) is 8.99. The highest BCUT2D eigenvalue weighted by Gasteiger charge is 2.38. The maximum atomic E-state index is 12.6. The summed E-state index contributed by atoms with van der Waals surface area (Å²) in [4.78, 5) is 31.7. The average Bonchev–Trinajstić information content (AvgIpc) is 3.39. The van der Waals surface area contributed by atoms with E-state index in [-0.39, 0.29) is 24.7 Å². The Balaban J connectivity index is 1.49. The third kappa shape index (κ3) is 4.69. The average molecular weight is 346 g/mol. The highest BCUT2D eigenvalue weighted by molar-refractivity contribution is 5.75. The van der Waals surface area contributed by atoms with Gasteiger partial charge in [-0.05, 0) is 44.4 Å². The number of carboxylic acids is 1. The van der Waals surface area contributed by atoms with Gasteiger partial charge in [0.1, 0.15) is 0 Å². The van der Waals surface area contributed by atoms with Gasteiger partial charge in [-0.3, -0.25) is 14.7 Å². The maximum Gasteiger partial charge on any atom is 0.318 e. The van der Waals surface area contributed by atoms with Crippen LogP contribution in [0.3, 0.4) is 0 Å². The molecule has 1 heterocycles. The maximum absolute atomic E-state index is 12.6. The van der Waals surface area contributed by atoms with E-state index in [4.69, 9.17) is 5.11 Å². The number of pyridine rings is 1. The van der Waals surface area contributed by atoms with Crippen molar-refractivity contribution in [1.29, 1.82) is 0 Å². The lowest BCUT2D eigenvalue weighted by Gasteiger charge is -2.42. The second kappa shape index (κ2) is 7.82. The summed E-state index contributed by atoms with van der Waals surface area (Å²) in [6, 6.07) is 6.41. The number of carbonyl (C=O) groups excluding carboxylic acids is 1. The Labute approximate surface area is 148 Å². The van der Waals surface area contributed by atoms with Crippen LogP contribution in [0.1, 0.15) is 38.3 Å². The summed E-state index contributed by atoms with van der Waals surface area (Å²) in [5.41, 5.74) is 0.898. The van der Waals surface area contributed by atoms with Gasteiger partial charge in [-0.25, -0.2) is 4.79 Å². The summed E-state index contributed by atoms with van der Waals surface area (Å²) in [5, 5.41) is 12.1. The van der Waals surface area contributed by atoms with Gasteiger partial charge in [0, 0.05) is 24.3 Å². The molecule has 0 spiro atoms. The Morgan fingerprint density at radius 1 is 1.28 bits per heavy atom. The van der Waals surface area contributed by atoms with Gasteiger partial charge < -0.3 is 15.3 Å². The van der Waals surface area contributed by atoms with Crippen LogP contribution in [-0.4, -0.2) is 63.1 Å². The number of nitrogens with zero attached hydrogens (tertiary/aromatic N) is 3. The number of rotatable bonds is 8. The fourth-order valence-electron chi connectivity index (χ4n) is 3.35. The van der Waals surface area contributed by atoms with Gasteiger partial charge in [-0.15, -0.1) is 0 Å². The molecule has 2 aliphatic rings. The molecular formula is C18H26N4O3. The van der Waals surface area contributed by atoms with Crippen molar-refractivity contribution in [2.75, 3.05) is 13.1 Å². The van der Waals surface area contributed by atoms with Crippen LogP contribution in [-0.2, 0) is 11.3 Å². The predicted molar refractivity (Wildman–Crippen MR) is 93.0 cm³/mol. The molecule has 3 rings (SSSR count). The minimum absolute atomic E-state index is 0.0297. The number of carboxylic acid groups (broad SMARTS) is 1. The highest BCUT2D eigenvalue weighted by atomic mass is 16.4.